The predicted molar refractivity (Wildman–Crippen MR) is 139 cm³/mol. The Kier molecular flexibility index (Phi) is 7.99. The van der Waals surface area contributed by atoms with E-state index in [1.165, 1.54) is 6.07 Å². The zero-order chi connectivity index (χ0) is 24.9. The summed E-state index contributed by atoms with van der Waals surface area (Å²) in [6.45, 7) is 12.0. The zero-order valence-electron chi connectivity index (χ0n) is 20.5. The van der Waals surface area contributed by atoms with Crippen LogP contribution >= 0.6 is 0 Å². The maximum Gasteiger partial charge on any atom is 0.262 e. The highest BCUT2D eigenvalue weighted by molar-refractivity contribution is 7.92. The smallest absolute Gasteiger partial charge is 0.262 e. The molecule has 0 heterocycles. The molecule has 0 atom stereocenters. The Balaban J connectivity index is 1.74. The Bertz CT molecular complexity index is 1260. The summed E-state index contributed by atoms with van der Waals surface area (Å²) in [5.41, 5.74) is 5.39. The van der Waals surface area contributed by atoms with Crippen molar-refractivity contribution in [2.75, 3.05) is 22.7 Å². The van der Waals surface area contributed by atoms with Crippen molar-refractivity contribution in [3.05, 3.63) is 88.5 Å². The van der Waals surface area contributed by atoms with E-state index >= 15 is 0 Å². The highest BCUT2D eigenvalue weighted by Gasteiger charge is 2.20. The topological polar surface area (TPSA) is 78.5 Å². The summed E-state index contributed by atoms with van der Waals surface area (Å²) in [6, 6.07) is 18.3. The number of anilines is 2. The molecule has 0 aliphatic rings. The number of hydrogen-bond donors (Lipinski definition) is 2. The van der Waals surface area contributed by atoms with Gasteiger partial charge in [0.15, 0.2) is 0 Å². The molecule has 0 saturated heterocycles. The largest absolute Gasteiger partial charge is 0.372 e. The van der Waals surface area contributed by atoms with Gasteiger partial charge in [0.05, 0.1) is 10.6 Å². The average molecular weight is 480 g/mol. The second-order valence-electron chi connectivity index (χ2n) is 8.43. The fourth-order valence-electron chi connectivity index (χ4n) is 3.86. The maximum atomic E-state index is 13.1. The number of hydrogen-bond acceptors (Lipinski definition) is 4. The molecule has 3 rings (SSSR count). The van der Waals surface area contributed by atoms with E-state index in [0.29, 0.717) is 23.4 Å². The summed E-state index contributed by atoms with van der Waals surface area (Å²) in [6.07, 6.45) is 0. The monoisotopic (exact) mass is 479 g/mol. The molecule has 0 radical (unpaired) electrons. The van der Waals surface area contributed by atoms with E-state index in [0.717, 1.165) is 35.5 Å². The Hall–Kier alpha value is -3.32. The van der Waals surface area contributed by atoms with E-state index in [1.54, 1.807) is 25.1 Å². The summed E-state index contributed by atoms with van der Waals surface area (Å²) in [4.78, 5) is 15.1. The van der Waals surface area contributed by atoms with E-state index < -0.39 is 10.0 Å². The highest BCUT2D eigenvalue weighted by atomic mass is 32.2. The van der Waals surface area contributed by atoms with E-state index in [1.807, 2.05) is 50.2 Å². The highest BCUT2D eigenvalue weighted by Crippen LogP contribution is 2.24. The van der Waals surface area contributed by atoms with Crippen LogP contribution in [0, 0.1) is 20.8 Å². The van der Waals surface area contributed by atoms with Gasteiger partial charge in [-0.2, -0.15) is 0 Å². The molecule has 34 heavy (non-hydrogen) atoms. The average Bonchev–Trinajstić information content (AvgIpc) is 2.81. The number of amides is 1. The molecule has 1 amide bonds. The first-order chi connectivity index (χ1) is 16.1. The van der Waals surface area contributed by atoms with Gasteiger partial charge in [-0.1, -0.05) is 35.9 Å². The molecule has 0 aromatic heterocycles. The second kappa shape index (κ2) is 10.7. The lowest BCUT2D eigenvalue weighted by atomic mass is 10.1. The zero-order valence-corrected chi connectivity index (χ0v) is 21.3. The van der Waals surface area contributed by atoms with Gasteiger partial charge in [-0.15, -0.1) is 0 Å². The van der Waals surface area contributed by atoms with Crippen LogP contribution in [-0.2, 0) is 16.6 Å². The molecule has 7 heteroatoms. The van der Waals surface area contributed by atoms with Gasteiger partial charge < -0.3 is 10.2 Å². The van der Waals surface area contributed by atoms with Gasteiger partial charge in [0.1, 0.15) is 0 Å². The van der Waals surface area contributed by atoms with E-state index in [9.17, 15) is 13.2 Å². The third-order valence-electron chi connectivity index (χ3n) is 5.88. The third-order valence-corrected chi connectivity index (χ3v) is 7.39. The summed E-state index contributed by atoms with van der Waals surface area (Å²) < 4.78 is 28.9. The quantitative estimate of drug-likeness (QED) is 0.443. The Morgan fingerprint density at radius 1 is 0.853 bits per heavy atom. The van der Waals surface area contributed by atoms with Crippen LogP contribution in [0.3, 0.4) is 0 Å². The second-order valence-corrected chi connectivity index (χ2v) is 10.1. The molecule has 2 N–H and O–H groups in total. The van der Waals surface area contributed by atoms with Crippen molar-refractivity contribution in [1.82, 2.24) is 5.32 Å². The number of carbonyl (C=O) groups excluding carboxylic acids is 1. The first-order valence-electron chi connectivity index (χ1n) is 11.5. The van der Waals surface area contributed by atoms with Gasteiger partial charge in [0, 0.05) is 30.9 Å². The van der Waals surface area contributed by atoms with Crippen LogP contribution in [0.5, 0.6) is 0 Å². The number of benzene rings is 3. The molecule has 3 aromatic carbocycles. The number of aryl methyl sites for hydroxylation is 3. The van der Waals surface area contributed by atoms with Crippen LogP contribution < -0.4 is 14.9 Å². The molecule has 3 aromatic rings. The number of carbonyl (C=O) groups is 1. The fourth-order valence-corrected chi connectivity index (χ4v) is 5.26. The fraction of sp³-hybridized carbons (Fsp3) is 0.296. The van der Waals surface area contributed by atoms with Gasteiger partial charge in [-0.05, 0) is 81.6 Å². The van der Waals surface area contributed by atoms with E-state index in [2.05, 4.69) is 28.8 Å². The Morgan fingerprint density at radius 3 is 2.15 bits per heavy atom. The van der Waals surface area contributed by atoms with Crippen LogP contribution in [0.15, 0.2) is 65.6 Å². The van der Waals surface area contributed by atoms with Crippen molar-refractivity contribution < 1.29 is 13.2 Å². The van der Waals surface area contributed by atoms with Crippen molar-refractivity contribution >= 4 is 27.3 Å². The molecule has 0 fully saturated rings. The van der Waals surface area contributed by atoms with Gasteiger partial charge in [-0.25, -0.2) is 8.42 Å². The predicted octanol–water partition coefficient (Wildman–Crippen LogP) is 5.19. The van der Waals surface area contributed by atoms with E-state index in [-0.39, 0.29) is 10.8 Å². The molecule has 0 unspecified atom stereocenters. The molecule has 0 bridgehead atoms. The minimum atomic E-state index is -3.86. The van der Waals surface area contributed by atoms with Gasteiger partial charge >= 0.3 is 0 Å². The number of sulfonamides is 1. The lowest BCUT2D eigenvalue weighted by Gasteiger charge is -2.21. The molecule has 6 nitrogen and oxygen atoms in total. The number of rotatable bonds is 9. The van der Waals surface area contributed by atoms with Crippen LogP contribution in [0.4, 0.5) is 11.4 Å². The molecule has 0 saturated carbocycles. The molecule has 180 valence electrons. The summed E-state index contributed by atoms with van der Waals surface area (Å²) in [5.74, 6) is -0.323. The summed E-state index contributed by atoms with van der Waals surface area (Å²) in [5, 5.41) is 2.89. The van der Waals surface area contributed by atoms with E-state index in [4.69, 9.17) is 0 Å². The molecule has 0 aliphatic carbocycles. The lowest BCUT2D eigenvalue weighted by molar-refractivity contribution is 0.0950. The molecule has 0 spiro atoms. The minimum absolute atomic E-state index is 0.0868. The summed E-state index contributed by atoms with van der Waals surface area (Å²) >= 11 is 0. The SMILES string of the molecule is CCN(CC)c1ccc(CNC(=O)c2ccc(C)c(S(=O)(=O)Nc3ccc(C)cc3C)c2)cc1. The normalized spacial score (nSPS) is 11.2. The van der Waals surface area contributed by atoms with Crippen molar-refractivity contribution in [2.45, 2.75) is 46.1 Å². The van der Waals surface area contributed by atoms with Gasteiger partial charge in [0.2, 0.25) is 0 Å². The molecule has 0 aliphatic heterocycles. The van der Waals surface area contributed by atoms with Crippen LogP contribution in [0.25, 0.3) is 0 Å². The number of nitrogens with zero attached hydrogens (tertiary/aromatic N) is 1. The molecular weight excluding hydrogens is 446 g/mol. The first kappa shape index (κ1) is 25.3. The van der Waals surface area contributed by atoms with Crippen molar-refractivity contribution in [2.24, 2.45) is 0 Å². The Labute approximate surface area is 203 Å². The summed E-state index contributed by atoms with van der Waals surface area (Å²) in [7, 11) is -3.86. The van der Waals surface area contributed by atoms with Gasteiger partial charge in [-0.3, -0.25) is 9.52 Å². The third kappa shape index (κ3) is 5.97. The van der Waals surface area contributed by atoms with Gasteiger partial charge in [0.25, 0.3) is 15.9 Å². The first-order valence-corrected chi connectivity index (χ1v) is 13.0. The molecular formula is C27H33N3O3S. The van der Waals surface area contributed by atoms with Crippen molar-refractivity contribution in [3.8, 4) is 0 Å². The van der Waals surface area contributed by atoms with Crippen LogP contribution in [-0.4, -0.2) is 27.4 Å². The minimum Gasteiger partial charge on any atom is -0.372 e. The lowest BCUT2D eigenvalue weighted by Crippen LogP contribution is -2.24. The maximum absolute atomic E-state index is 13.1. The number of nitrogens with one attached hydrogen (secondary N) is 2. The van der Waals surface area contributed by atoms with Crippen LogP contribution in [0.2, 0.25) is 0 Å². The standard InChI is InChI=1S/C27H33N3O3S/c1-6-30(7-2)24-13-10-22(11-14-24)18-28-27(31)23-12-9-20(4)26(17-23)34(32,33)29-25-15-8-19(3)16-21(25)5/h8-17,29H,6-7,18H2,1-5H3,(H,28,31). The van der Waals surface area contributed by atoms with Crippen molar-refractivity contribution in [1.29, 1.82) is 0 Å². The van der Waals surface area contributed by atoms with Crippen LogP contribution in [0.1, 0.15) is 46.5 Å². The Morgan fingerprint density at radius 2 is 1.53 bits per heavy atom. The van der Waals surface area contributed by atoms with Crippen molar-refractivity contribution in [3.63, 3.8) is 0 Å².